The summed E-state index contributed by atoms with van der Waals surface area (Å²) in [6, 6.07) is 0.512. The van der Waals surface area contributed by atoms with Crippen LogP contribution in [0.1, 0.15) is 45.4 Å². The molecule has 0 bridgehead atoms. The Morgan fingerprint density at radius 3 is 2.72 bits per heavy atom. The first-order valence-electron chi connectivity index (χ1n) is 6.82. The molecule has 1 aliphatic heterocycles. The van der Waals surface area contributed by atoms with Crippen molar-refractivity contribution in [2.45, 2.75) is 63.6 Å². The predicted molar refractivity (Wildman–Crippen MR) is 73.8 cm³/mol. The third kappa shape index (κ3) is 4.41. The van der Waals surface area contributed by atoms with E-state index in [1.165, 1.54) is 0 Å². The largest absolute Gasteiger partial charge is 0.378 e. The van der Waals surface area contributed by atoms with E-state index in [0.29, 0.717) is 6.04 Å². The minimum Gasteiger partial charge on any atom is -0.378 e. The van der Waals surface area contributed by atoms with Crippen molar-refractivity contribution in [2.24, 2.45) is 11.7 Å². The molecule has 0 spiro atoms. The highest BCUT2D eigenvalue weighted by Gasteiger charge is 2.28. The van der Waals surface area contributed by atoms with Gasteiger partial charge in [-0.25, -0.2) is 0 Å². The van der Waals surface area contributed by atoms with Gasteiger partial charge >= 0.3 is 0 Å². The van der Waals surface area contributed by atoms with Crippen molar-refractivity contribution in [1.29, 1.82) is 0 Å². The smallest absolute Gasteiger partial charge is 0.223 e. The van der Waals surface area contributed by atoms with E-state index in [-0.39, 0.29) is 36.4 Å². The average molecular weight is 277 g/mol. The van der Waals surface area contributed by atoms with E-state index >= 15 is 0 Å². The van der Waals surface area contributed by atoms with Crippen LogP contribution in [0.5, 0.6) is 0 Å². The quantitative estimate of drug-likeness (QED) is 0.805. The number of carbonyl (C=O) groups is 1. The van der Waals surface area contributed by atoms with E-state index in [4.69, 9.17) is 10.5 Å². The number of nitrogens with one attached hydrogen (secondary N) is 1. The molecule has 18 heavy (non-hydrogen) atoms. The second-order valence-corrected chi connectivity index (χ2v) is 5.53. The number of carbonyl (C=O) groups excluding carboxylic acids is 1. The zero-order valence-corrected chi connectivity index (χ0v) is 11.9. The van der Waals surface area contributed by atoms with Gasteiger partial charge in [0.1, 0.15) is 0 Å². The van der Waals surface area contributed by atoms with Crippen molar-refractivity contribution in [3.05, 3.63) is 0 Å². The van der Waals surface area contributed by atoms with Gasteiger partial charge in [0.25, 0.3) is 0 Å². The van der Waals surface area contributed by atoms with Crippen LogP contribution in [-0.4, -0.2) is 30.7 Å². The molecule has 2 fully saturated rings. The van der Waals surface area contributed by atoms with Gasteiger partial charge < -0.3 is 15.8 Å². The average Bonchev–Trinajstić information content (AvgIpc) is 2.29. The molecule has 0 aromatic heterocycles. The lowest BCUT2D eigenvalue weighted by atomic mass is 9.85. The van der Waals surface area contributed by atoms with Crippen molar-refractivity contribution < 1.29 is 9.53 Å². The molecule has 1 aliphatic carbocycles. The van der Waals surface area contributed by atoms with Crippen LogP contribution in [0.25, 0.3) is 0 Å². The first-order valence-corrected chi connectivity index (χ1v) is 6.82. The summed E-state index contributed by atoms with van der Waals surface area (Å²) in [5.74, 6) is 0.344. The van der Waals surface area contributed by atoms with Crippen LogP contribution in [0.15, 0.2) is 0 Å². The van der Waals surface area contributed by atoms with Crippen molar-refractivity contribution in [2.75, 3.05) is 6.61 Å². The SMILES string of the molecule is CC1CC(NC(=O)C2CCCC(N)C2)CCO1.Cl. The van der Waals surface area contributed by atoms with Gasteiger partial charge in [-0.2, -0.15) is 0 Å². The lowest BCUT2D eigenvalue weighted by Crippen LogP contribution is -2.45. The van der Waals surface area contributed by atoms with E-state index in [1.54, 1.807) is 0 Å². The second kappa shape index (κ2) is 7.31. The Labute approximate surface area is 115 Å². The minimum atomic E-state index is 0. The highest BCUT2D eigenvalue weighted by molar-refractivity contribution is 5.85. The number of hydrogen-bond acceptors (Lipinski definition) is 3. The summed E-state index contributed by atoms with van der Waals surface area (Å²) in [5.41, 5.74) is 5.92. The molecule has 1 saturated carbocycles. The number of ether oxygens (including phenoxy) is 1. The maximum atomic E-state index is 12.1. The number of nitrogens with two attached hydrogens (primary N) is 1. The highest BCUT2D eigenvalue weighted by Crippen LogP contribution is 2.24. The molecule has 0 aromatic rings. The van der Waals surface area contributed by atoms with Crippen LogP contribution >= 0.6 is 12.4 Å². The van der Waals surface area contributed by atoms with E-state index in [9.17, 15) is 4.79 Å². The molecule has 0 aromatic carbocycles. The second-order valence-electron chi connectivity index (χ2n) is 5.53. The molecule has 4 unspecified atom stereocenters. The Kier molecular flexibility index (Phi) is 6.39. The minimum absolute atomic E-state index is 0. The fourth-order valence-electron chi connectivity index (χ4n) is 2.91. The molecule has 1 saturated heterocycles. The number of hydrogen-bond donors (Lipinski definition) is 2. The molecule has 1 heterocycles. The van der Waals surface area contributed by atoms with E-state index in [0.717, 1.165) is 45.1 Å². The lowest BCUT2D eigenvalue weighted by Gasteiger charge is -2.31. The Balaban J connectivity index is 0.00000162. The van der Waals surface area contributed by atoms with Gasteiger partial charge in [-0.1, -0.05) is 6.42 Å². The van der Waals surface area contributed by atoms with E-state index in [2.05, 4.69) is 12.2 Å². The number of amides is 1. The Hall–Kier alpha value is -0.320. The fraction of sp³-hybridized carbons (Fsp3) is 0.923. The van der Waals surface area contributed by atoms with Gasteiger partial charge in [-0.15, -0.1) is 12.4 Å². The summed E-state index contributed by atoms with van der Waals surface area (Å²) in [5, 5.41) is 3.17. The molecule has 0 radical (unpaired) electrons. The maximum Gasteiger partial charge on any atom is 0.223 e. The van der Waals surface area contributed by atoms with Crippen molar-refractivity contribution in [3.63, 3.8) is 0 Å². The Morgan fingerprint density at radius 2 is 2.06 bits per heavy atom. The van der Waals surface area contributed by atoms with Crippen LogP contribution in [0.4, 0.5) is 0 Å². The lowest BCUT2D eigenvalue weighted by molar-refractivity contribution is -0.127. The van der Waals surface area contributed by atoms with Crippen LogP contribution in [-0.2, 0) is 9.53 Å². The zero-order valence-electron chi connectivity index (χ0n) is 11.1. The summed E-state index contributed by atoms with van der Waals surface area (Å²) in [4.78, 5) is 12.1. The summed E-state index contributed by atoms with van der Waals surface area (Å²) < 4.78 is 5.48. The molecule has 106 valence electrons. The fourth-order valence-corrected chi connectivity index (χ4v) is 2.91. The molecule has 4 atom stereocenters. The van der Waals surface area contributed by atoms with Crippen molar-refractivity contribution in [1.82, 2.24) is 5.32 Å². The number of rotatable bonds is 2. The van der Waals surface area contributed by atoms with Gasteiger partial charge in [0, 0.05) is 24.6 Å². The molecular weight excluding hydrogens is 252 g/mol. The van der Waals surface area contributed by atoms with Gasteiger partial charge in [0.05, 0.1) is 6.10 Å². The van der Waals surface area contributed by atoms with Crippen molar-refractivity contribution >= 4 is 18.3 Å². The van der Waals surface area contributed by atoms with E-state index in [1.807, 2.05) is 0 Å². The van der Waals surface area contributed by atoms with Gasteiger partial charge in [0.15, 0.2) is 0 Å². The summed E-state index contributed by atoms with van der Waals surface area (Å²) in [6.45, 7) is 2.82. The number of halogens is 1. The summed E-state index contributed by atoms with van der Waals surface area (Å²) in [7, 11) is 0. The topological polar surface area (TPSA) is 64.4 Å². The Bertz CT molecular complexity index is 276. The molecule has 2 aliphatic rings. The summed E-state index contributed by atoms with van der Waals surface area (Å²) in [6.07, 6.45) is 6.15. The van der Waals surface area contributed by atoms with E-state index < -0.39 is 0 Å². The first-order chi connectivity index (χ1) is 8.15. The molecule has 5 heteroatoms. The molecule has 1 amide bonds. The first kappa shape index (κ1) is 15.7. The van der Waals surface area contributed by atoms with Gasteiger partial charge in [0.2, 0.25) is 5.91 Å². The van der Waals surface area contributed by atoms with Crippen LogP contribution < -0.4 is 11.1 Å². The standard InChI is InChI=1S/C13H24N2O2.ClH/c1-9-7-12(5-6-17-9)15-13(16)10-3-2-4-11(14)8-10;/h9-12H,2-8,14H2,1H3,(H,15,16);1H. The maximum absolute atomic E-state index is 12.1. The third-order valence-electron chi connectivity index (χ3n) is 3.92. The highest BCUT2D eigenvalue weighted by atomic mass is 35.5. The van der Waals surface area contributed by atoms with Crippen molar-refractivity contribution in [3.8, 4) is 0 Å². The van der Waals surface area contributed by atoms with Gasteiger partial charge in [-0.3, -0.25) is 4.79 Å². The monoisotopic (exact) mass is 276 g/mol. The Morgan fingerprint density at radius 1 is 1.28 bits per heavy atom. The van der Waals surface area contributed by atoms with Crippen LogP contribution in [0.2, 0.25) is 0 Å². The molecular formula is C13H25ClN2O2. The molecule has 3 N–H and O–H groups in total. The third-order valence-corrected chi connectivity index (χ3v) is 3.92. The van der Waals surface area contributed by atoms with Crippen LogP contribution in [0.3, 0.4) is 0 Å². The molecule has 2 rings (SSSR count). The van der Waals surface area contributed by atoms with Gasteiger partial charge in [-0.05, 0) is 39.0 Å². The zero-order chi connectivity index (χ0) is 12.3. The predicted octanol–water partition coefficient (Wildman–Crippen LogP) is 1.61. The summed E-state index contributed by atoms with van der Waals surface area (Å²) >= 11 is 0. The normalized spacial score (nSPS) is 36.6. The molecule has 4 nitrogen and oxygen atoms in total. The van der Waals surface area contributed by atoms with Crippen LogP contribution in [0, 0.1) is 5.92 Å².